The van der Waals surface area contributed by atoms with Gasteiger partial charge in [0.2, 0.25) is 0 Å². The van der Waals surface area contributed by atoms with E-state index in [1.165, 1.54) is 5.69 Å². The van der Waals surface area contributed by atoms with Gasteiger partial charge in [-0.25, -0.2) is 9.78 Å². The Morgan fingerprint density at radius 1 is 0.927 bits per heavy atom. The highest BCUT2D eigenvalue weighted by Gasteiger charge is 2.40. The van der Waals surface area contributed by atoms with Gasteiger partial charge in [0.1, 0.15) is 11.5 Å². The van der Waals surface area contributed by atoms with Gasteiger partial charge >= 0.3 is 17.9 Å². The Bertz CT molecular complexity index is 1380. The number of nitrogens with zero attached hydrogens (tertiary/aromatic N) is 5. The summed E-state index contributed by atoms with van der Waals surface area (Å²) in [5.41, 5.74) is -0.364. The highest BCUT2D eigenvalue weighted by Crippen LogP contribution is 2.18. The maximum absolute atomic E-state index is 10.3. The minimum absolute atomic E-state index is 0.791. The van der Waals surface area contributed by atoms with Crippen LogP contribution in [0.3, 0.4) is 0 Å². The molecule has 0 unspecified atom stereocenters. The first kappa shape index (κ1) is 30.8. The van der Waals surface area contributed by atoms with Crippen molar-refractivity contribution in [1.29, 1.82) is 0 Å². The fourth-order valence-electron chi connectivity index (χ4n) is 4.15. The summed E-state index contributed by atoms with van der Waals surface area (Å²) in [5.74, 6) is -3.06. The second-order valence-corrected chi connectivity index (χ2v) is 9.43. The van der Waals surface area contributed by atoms with Crippen LogP contribution in [0.2, 0.25) is 0 Å². The molecule has 4 heterocycles. The van der Waals surface area contributed by atoms with Gasteiger partial charge in [0.15, 0.2) is 5.60 Å². The van der Waals surface area contributed by atoms with Gasteiger partial charge in [-0.05, 0) is 49.7 Å². The van der Waals surface area contributed by atoms with Gasteiger partial charge in [0, 0.05) is 62.0 Å². The van der Waals surface area contributed by atoms with Gasteiger partial charge < -0.3 is 34.0 Å². The molecule has 0 radical (unpaired) electrons. The lowest BCUT2D eigenvalue weighted by atomic mass is 9.96. The molecule has 0 spiro atoms. The van der Waals surface area contributed by atoms with Crippen LogP contribution in [0.5, 0.6) is 0 Å². The van der Waals surface area contributed by atoms with Crippen molar-refractivity contribution in [3.8, 4) is 5.69 Å². The molecule has 0 aromatic carbocycles. The van der Waals surface area contributed by atoms with Crippen LogP contribution in [-0.4, -0.2) is 74.5 Å². The average Bonchev–Trinajstić information content (AvgIpc) is 3.67. The Kier molecular flexibility index (Phi) is 11.0. The lowest BCUT2D eigenvalue weighted by Crippen LogP contribution is -2.42. The number of rotatable bonds is 14. The second-order valence-electron chi connectivity index (χ2n) is 9.43. The Labute approximate surface area is 235 Å². The van der Waals surface area contributed by atoms with E-state index in [0.717, 1.165) is 49.8 Å². The van der Waals surface area contributed by atoms with E-state index in [0.29, 0.717) is 0 Å². The minimum Gasteiger partial charge on any atom is -0.481 e. The first-order valence-electron chi connectivity index (χ1n) is 12.7. The zero-order chi connectivity index (χ0) is 29.8. The lowest BCUT2D eigenvalue weighted by molar-refractivity contribution is -0.170. The molecule has 0 bridgehead atoms. The van der Waals surface area contributed by atoms with Gasteiger partial charge in [0.25, 0.3) is 0 Å². The van der Waals surface area contributed by atoms with Crippen LogP contribution in [0.1, 0.15) is 36.5 Å². The second kappa shape index (κ2) is 14.6. The molecule has 13 nitrogen and oxygen atoms in total. The molecule has 218 valence electrons. The zero-order valence-electron chi connectivity index (χ0n) is 22.5. The first-order chi connectivity index (χ1) is 19.6. The summed E-state index contributed by atoms with van der Waals surface area (Å²) in [6.07, 6.45) is 10.2. The van der Waals surface area contributed by atoms with E-state index in [1.54, 1.807) is 0 Å². The number of carboxylic acid groups (broad SMARTS) is 3. The Hall–Kier alpha value is -4.75. The summed E-state index contributed by atoms with van der Waals surface area (Å²) in [7, 11) is 0. The SMILES string of the molecule is Cc1ccc(CN(CCCn2ccnc2)Cc2cccn2-c2ccncc2)o1.O=C(O)CC(O)(CC(=O)O)C(=O)O. The van der Waals surface area contributed by atoms with E-state index in [-0.39, 0.29) is 0 Å². The number of pyridine rings is 1. The van der Waals surface area contributed by atoms with Crippen molar-refractivity contribution < 1.29 is 39.2 Å². The Morgan fingerprint density at radius 3 is 2.20 bits per heavy atom. The minimum atomic E-state index is -2.74. The molecule has 0 amide bonds. The van der Waals surface area contributed by atoms with Crippen LogP contribution in [0.25, 0.3) is 5.69 Å². The van der Waals surface area contributed by atoms with E-state index in [9.17, 15) is 14.4 Å². The van der Waals surface area contributed by atoms with E-state index in [2.05, 4.69) is 48.4 Å². The predicted molar refractivity (Wildman–Crippen MR) is 145 cm³/mol. The number of carbonyl (C=O) groups is 3. The van der Waals surface area contributed by atoms with Gasteiger partial charge in [-0.15, -0.1) is 0 Å². The first-order valence-corrected chi connectivity index (χ1v) is 12.7. The van der Waals surface area contributed by atoms with Gasteiger partial charge in [0.05, 0.1) is 25.7 Å². The molecule has 4 aromatic rings. The van der Waals surface area contributed by atoms with Crippen molar-refractivity contribution in [2.75, 3.05) is 6.54 Å². The number of carboxylic acids is 3. The van der Waals surface area contributed by atoms with Crippen LogP contribution in [0.15, 0.2) is 78.1 Å². The lowest BCUT2D eigenvalue weighted by Gasteiger charge is -2.22. The fraction of sp³-hybridized carbons (Fsp3) is 0.321. The summed E-state index contributed by atoms with van der Waals surface area (Å²) in [5, 5.41) is 33.8. The summed E-state index contributed by atoms with van der Waals surface area (Å²) in [6, 6.07) is 12.4. The molecule has 0 fully saturated rings. The van der Waals surface area contributed by atoms with Crippen LogP contribution in [0, 0.1) is 6.92 Å². The summed E-state index contributed by atoms with van der Waals surface area (Å²) in [4.78, 5) is 41.2. The van der Waals surface area contributed by atoms with Crippen molar-refractivity contribution >= 4 is 17.9 Å². The van der Waals surface area contributed by atoms with E-state index < -0.39 is 36.4 Å². The van der Waals surface area contributed by atoms with Crippen molar-refractivity contribution in [1.82, 2.24) is 24.0 Å². The standard InChI is InChI=1S/C22H25N5O.C6H8O7/c1-19-5-6-22(28-19)17-26(13-3-12-25-15-11-24-18-25)16-21-4-2-14-27(21)20-7-9-23-10-8-20;7-3(8)1-6(13,5(11)12)2-4(9)10/h2,4-11,14-15,18H,3,12-13,16-17H2,1H3;13H,1-2H2,(H,7,8)(H,9,10)(H,11,12). The smallest absolute Gasteiger partial charge is 0.336 e. The largest absolute Gasteiger partial charge is 0.481 e. The monoisotopic (exact) mass is 567 g/mol. The predicted octanol–water partition coefficient (Wildman–Crippen LogP) is 2.81. The molecule has 4 rings (SSSR count). The number of hydrogen-bond donors (Lipinski definition) is 4. The molecular formula is C28H33N5O8. The number of imidazole rings is 1. The van der Waals surface area contributed by atoms with Gasteiger partial charge in [-0.3, -0.25) is 19.5 Å². The number of furan rings is 1. The molecule has 0 aliphatic rings. The van der Waals surface area contributed by atoms with Crippen LogP contribution < -0.4 is 0 Å². The fourth-order valence-corrected chi connectivity index (χ4v) is 4.15. The van der Waals surface area contributed by atoms with Crippen molar-refractivity contribution in [2.24, 2.45) is 0 Å². The van der Waals surface area contributed by atoms with Crippen molar-refractivity contribution in [2.45, 2.75) is 51.4 Å². The number of aliphatic carboxylic acids is 3. The Balaban J connectivity index is 0.000000302. The third-order valence-electron chi connectivity index (χ3n) is 6.07. The number of aryl methyl sites for hydroxylation is 2. The highest BCUT2D eigenvalue weighted by molar-refractivity contribution is 5.88. The molecule has 0 aliphatic carbocycles. The third-order valence-corrected chi connectivity index (χ3v) is 6.07. The maximum Gasteiger partial charge on any atom is 0.336 e. The average molecular weight is 568 g/mol. The molecule has 0 saturated carbocycles. The van der Waals surface area contributed by atoms with E-state index in [1.807, 2.05) is 56.2 Å². The van der Waals surface area contributed by atoms with E-state index in [4.69, 9.17) is 24.8 Å². The van der Waals surface area contributed by atoms with Crippen molar-refractivity contribution in [3.05, 3.63) is 90.9 Å². The molecule has 0 atom stereocenters. The van der Waals surface area contributed by atoms with Crippen LogP contribution in [-0.2, 0) is 34.0 Å². The molecule has 41 heavy (non-hydrogen) atoms. The maximum atomic E-state index is 10.3. The normalized spacial score (nSPS) is 11.2. The number of aromatic nitrogens is 4. The van der Waals surface area contributed by atoms with Gasteiger partial charge in [-0.2, -0.15) is 0 Å². The van der Waals surface area contributed by atoms with Crippen LogP contribution >= 0.6 is 0 Å². The third kappa shape index (κ3) is 9.74. The molecular weight excluding hydrogens is 534 g/mol. The number of hydrogen-bond acceptors (Lipinski definition) is 8. The quantitative estimate of drug-likeness (QED) is 0.176. The summed E-state index contributed by atoms with van der Waals surface area (Å²) < 4.78 is 10.2. The Morgan fingerprint density at radius 2 is 1.63 bits per heavy atom. The topological polar surface area (TPSA) is 184 Å². The molecule has 4 aromatic heterocycles. The molecule has 0 aliphatic heterocycles. The molecule has 0 saturated heterocycles. The highest BCUT2D eigenvalue weighted by atomic mass is 16.4. The van der Waals surface area contributed by atoms with Gasteiger partial charge in [-0.1, -0.05) is 0 Å². The molecule has 4 N–H and O–H groups in total. The summed E-state index contributed by atoms with van der Waals surface area (Å²) in [6.45, 7) is 5.55. The zero-order valence-corrected chi connectivity index (χ0v) is 22.5. The number of aliphatic hydroxyl groups is 1. The van der Waals surface area contributed by atoms with Crippen LogP contribution in [0.4, 0.5) is 0 Å². The van der Waals surface area contributed by atoms with E-state index >= 15 is 0 Å². The molecule has 13 heteroatoms. The van der Waals surface area contributed by atoms with Crippen molar-refractivity contribution in [3.63, 3.8) is 0 Å². The summed E-state index contributed by atoms with van der Waals surface area (Å²) >= 11 is 0.